The van der Waals surface area contributed by atoms with Crippen molar-refractivity contribution in [1.29, 1.82) is 0 Å². The fraction of sp³-hybridized carbons (Fsp3) is 0.500. The first-order chi connectivity index (χ1) is 18.0. The number of hydrogen-bond donors (Lipinski definition) is 1. The van der Waals surface area contributed by atoms with Gasteiger partial charge in [0.15, 0.2) is 0 Å². The van der Waals surface area contributed by atoms with Crippen LogP contribution in [0.5, 0.6) is 11.5 Å². The van der Waals surface area contributed by atoms with E-state index in [-0.39, 0.29) is 43.7 Å². The maximum atomic E-state index is 13.5. The van der Waals surface area contributed by atoms with Gasteiger partial charge in [-0.15, -0.1) is 0 Å². The van der Waals surface area contributed by atoms with Gasteiger partial charge in [-0.3, -0.25) is 13.9 Å². The lowest BCUT2D eigenvalue weighted by Gasteiger charge is -2.31. The third-order valence-electron chi connectivity index (χ3n) is 6.09. The summed E-state index contributed by atoms with van der Waals surface area (Å²) in [4.78, 5) is 28.2. The van der Waals surface area contributed by atoms with E-state index in [1.165, 1.54) is 11.4 Å². The van der Waals surface area contributed by atoms with Gasteiger partial charge in [0.25, 0.3) is 0 Å². The quantitative estimate of drug-likeness (QED) is 0.363. The van der Waals surface area contributed by atoms with Crippen molar-refractivity contribution in [1.82, 2.24) is 10.2 Å². The van der Waals surface area contributed by atoms with Crippen LogP contribution in [0.25, 0.3) is 0 Å². The van der Waals surface area contributed by atoms with Crippen LogP contribution >= 0.6 is 0 Å². The maximum Gasteiger partial charge on any atom is 0.242 e. The zero-order chi connectivity index (χ0) is 28.3. The number of amides is 2. The highest BCUT2D eigenvalue weighted by Crippen LogP contribution is 2.30. The van der Waals surface area contributed by atoms with Crippen LogP contribution in [0.1, 0.15) is 45.6 Å². The zero-order valence-corrected chi connectivity index (χ0v) is 24.1. The van der Waals surface area contributed by atoms with Crippen LogP contribution in [0, 0.1) is 5.92 Å². The van der Waals surface area contributed by atoms with Crippen molar-refractivity contribution in [2.24, 2.45) is 5.92 Å². The summed E-state index contributed by atoms with van der Waals surface area (Å²) in [6.07, 6.45) is 1.92. The third kappa shape index (κ3) is 8.93. The van der Waals surface area contributed by atoms with Gasteiger partial charge in [-0.25, -0.2) is 8.42 Å². The largest absolute Gasteiger partial charge is 0.497 e. The standard InChI is InChI=1S/C28H41N3O6S/c1-7-24(28(33)29-19-21(2)3)30(20-22-14-16-23(36-4)17-15-22)27(32)13-10-18-31(38(6,34)35)25-11-8-9-12-26(25)37-5/h8-9,11-12,14-17,21,24H,7,10,13,18-20H2,1-6H3,(H,29,33)/t24-/m1/s1. The van der Waals surface area contributed by atoms with Gasteiger partial charge in [0.1, 0.15) is 17.5 Å². The number of nitrogens with one attached hydrogen (secondary N) is 1. The molecule has 210 valence electrons. The second-order valence-corrected chi connectivity index (χ2v) is 11.5. The summed E-state index contributed by atoms with van der Waals surface area (Å²) in [5.41, 5.74) is 1.28. The Bertz CT molecular complexity index is 1150. The molecule has 0 bridgehead atoms. The molecular formula is C28H41N3O6S. The normalized spacial score (nSPS) is 12.1. The van der Waals surface area contributed by atoms with E-state index in [2.05, 4.69) is 5.32 Å². The second kappa shape index (κ2) is 14.6. The van der Waals surface area contributed by atoms with E-state index in [1.807, 2.05) is 45.0 Å². The van der Waals surface area contributed by atoms with Gasteiger partial charge >= 0.3 is 0 Å². The van der Waals surface area contributed by atoms with E-state index in [1.54, 1.807) is 36.3 Å². The Labute approximate surface area is 227 Å². The lowest BCUT2D eigenvalue weighted by atomic mass is 10.1. The zero-order valence-electron chi connectivity index (χ0n) is 23.3. The Morgan fingerprint density at radius 3 is 2.21 bits per heavy atom. The molecule has 0 aromatic heterocycles. The Morgan fingerprint density at radius 2 is 1.66 bits per heavy atom. The Hall–Kier alpha value is -3.27. The topological polar surface area (TPSA) is 105 Å². The number of sulfonamides is 1. The highest BCUT2D eigenvalue weighted by atomic mass is 32.2. The van der Waals surface area contributed by atoms with E-state index >= 15 is 0 Å². The number of nitrogens with zero attached hydrogens (tertiary/aromatic N) is 2. The summed E-state index contributed by atoms with van der Waals surface area (Å²) in [5.74, 6) is 0.985. The third-order valence-corrected chi connectivity index (χ3v) is 7.27. The van der Waals surface area contributed by atoms with Gasteiger partial charge in [0.2, 0.25) is 21.8 Å². The Balaban J connectivity index is 2.24. The SMILES string of the molecule is CC[C@H](C(=O)NCC(C)C)N(Cc1ccc(OC)cc1)C(=O)CCCN(c1ccccc1OC)S(C)(=O)=O. The molecule has 0 fully saturated rings. The summed E-state index contributed by atoms with van der Waals surface area (Å²) >= 11 is 0. The van der Waals surface area contributed by atoms with Gasteiger partial charge in [-0.05, 0) is 48.6 Å². The monoisotopic (exact) mass is 547 g/mol. The molecule has 0 aliphatic rings. The van der Waals surface area contributed by atoms with Gasteiger partial charge in [0.05, 0.1) is 26.2 Å². The number of methoxy groups -OCH3 is 2. The van der Waals surface area contributed by atoms with E-state index < -0.39 is 16.1 Å². The highest BCUT2D eigenvalue weighted by Gasteiger charge is 2.29. The lowest BCUT2D eigenvalue weighted by molar-refractivity contribution is -0.141. The molecule has 0 aliphatic carbocycles. The molecular weight excluding hydrogens is 506 g/mol. The van der Waals surface area contributed by atoms with Crippen LogP contribution < -0.4 is 19.1 Å². The van der Waals surface area contributed by atoms with Crippen LogP contribution in [-0.2, 0) is 26.2 Å². The number of anilines is 1. The van der Waals surface area contributed by atoms with Crippen molar-refractivity contribution < 1.29 is 27.5 Å². The van der Waals surface area contributed by atoms with Crippen molar-refractivity contribution in [3.63, 3.8) is 0 Å². The molecule has 0 saturated heterocycles. The molecule has 9 nitrogen and oxygen atoms in total. The van der Waals surface area contributed by atoms with Crippen molar-refractivity contribution in [2.45, 2.75) is 52.6 Å². The van der Waals surface area contributed by atoms with Crippen LogP contribution in [0.15, 0.2) is 48.5 Å². The minimum atomic E-state index is -3.62. The van der Waals surface area contributed by atoms with E-state index in [9.17, 15) is 18.0 Å². The molecule has 2 rings (SSSR count). The lowest BCUT2D eigenvalue weighted by Crippen LogP contribution is -2.49. The fourth-order valence-corrected chi connectivity index (χ4v) is 5.06. The summed E-state index contributed by atoms with van der Waals surface area (Å²) in [7, 11) is -0.555. The number of benzene rings is 2. The number of para-hydroxylation sites is 2. The first-order valence-electron chi connectivity index (χ1n) is 12.8. The minimum absolute atomic E-state index is 0.0747. The Kier molecular flexibility index (Phi) is 11.9. The van der Waals surface area contributed by atoms with Crippen molar-refractivity contribution >= 4 is 27.5 Å². The van der Waals surface area contributed by atoms with Crippen LogP contribution in [-0.4, -0.2) is 64.7 Å². The van der Waals surface area contributed by atoms with Gasteiger partial charge in [-0.2, -0.15) is 0 Å². The summed E-state index contributed by atoms with van der Waals surface area (Å²) in [6, 6.07) is 13.6. The van der Waals surface area contributed by atoms with Crippen LogP contribution in [0.3, 0.4) is 0 Å². The van der Waals surface area contributed by atoms with Crippen molar-refractivity contribution in [3.05, 3.63) is 54.1 Å². The summed E-state index contributed by atoms with van der Waals surface area (Å²) in [6.45, 7) is 6.76. The predicted molar refractivity (Wildman–Crippen MR) is 150 cm³/mol. The maximum absolute atomic E-state index is 13.5. The van der Waals surface area contributed by atoms with Gasteiger partial charge in [0, 0.05) is 26.1 Å². The second-order valence-electron chi connectivity index (χ2n) is 9.54. The average molecular weight is 548 g/mol. The van der Waals surface area contributed by atoms with Crippen molar-refractivity contribution in [3.8, 4) is 11.5 Å². The van der Waals surface area contributed by atoms with Gasteiger partial charge < -0.3 is 19.7 Å². The number of rotatable bonds is 15. The number of ether oxygens (including phenoxy) is 2. The summed E-state index contributed by atoms with van der Waals surface area (Å²) in [5, 5.41) is 2.95. The molecule has 10 heteroatoms. The van der Waals surface area contributed by atoms with Crippen LogP contribution in [0.2, 0.25) is 0 Å². The summed E-state index contributed by atoms with van der Waals surface area (Å²) < 4.78 is 37.0. The molecule has 0 aliphatic heterocycles. The molecule has 0 unspecified atom stereocenters. The highest BCUT2D eigenvalue weighted by molar-refractivity contribution is 7.92. The molecule has 0 radical (unpaired) electrons. The number of carbonyl (C=O) groups excluding carboxylic acids is 2. The fourth-order valence-electron chi connectivity index (χ4n) is 4.09. The molecule has 0 heterocycles. The van der Waals surface area contributed by atoms with E-state index in [4.69, 9.17) is 9.47 Å². The van der Waals surface area contributed by atoms with Gasteiger partial charge in [-0.1, -0.05) is 45.0 Å². The molecule has 38 heavy (non-hydrogen) atoms. The molecule has 2 aromatic rings. The minimum Gasteiger partial charge on any atom is -0.497 e. The molecule has 2 aromatic carbocycles. The average Bonchev–Trinajstić information content (AvgIpc) is 2.89. The van der Waals surface area contributed by atoms with Crippen molar-refractivity contribution in [2.75, 3.05) is 37.9 Å². The van der Waals surface area contributed by atoms with E-state index in [0.717, 1.165) is 11.8 Å². The first kappa shape index (κ1) is 31.0. The predicted octanol–water partition coefficient (Wildman–Crippen LogP) is 3.83. The Morgan fingerprint density at radius 1 is 1.00 bits per heavy atom. The first-order valence-corrected chi connectivity index (χ1v) is 14.7. The number of hydrogen-bond acceptors (Lipinski definition) is 6. The molecule has 1 atom stereocenters. The molecule has 0 spiro atoms. The number of carbonyl (C=O) groups is 2. The smallest absolute Gasteiger partial charge is 0.242 e. The molecule has 2 amide bonds. The van der Waals surface area contributed by atoms with Crippen LogP contribution in [0.4, 0.5) is 5.69 Å². The molecule has 0 saturated carbocycles. The van der Waals surface area contributed by atoms with E-state index in [0.29, 0.717) is 30.2 Å². The molecule has 1 N–H and O–H groups in total.